The molecule has 1 saturated heterocycles. The SMILES string of the molecule is CNc1ccc(Oc2ccnc3cnc(N4CCNCC4)cc23)cc1. The van der Waals surface area contributed by atoms with Gasteiger partial charge in [-0.3, -0.25) is 4.98 Å². The summed E-state index contributed by atoms with van der Waals surface area (Å²) in [5, 5.41) is 7.45. The Morgan fingerprint density at radius 3 is 2.64 bits per heavy atom. The van der Waals surface area contributed by atoms with Gasteiger partial charge in [-0.15, -0.1) is 0 Å². The maximum atomic E-state index is 6.11. The van der Waals surface area contributed by atoms with E-state index in [4.69, 9.17) is 4.74 Å². The molecule has 128 valence electrons. The molecule has 3 aromatic rings. The molecule has 2 N–H and O–H groups in total. The molecule has 6 nitrogen and oxygen atoms in total. The highest BCUT2D eigenvalue weighted by Gasteiger charge is 2.14. The Morgan fingerprint density at radius 1 is 1.08 bits per heavy atom. The van der Waals surface area contributed by atoms with Crippen LogP contribution in [0.25, 0.3) is 10.9 Å². The minimum atomic E-state index is 0.793. The standard InChI is InChI=1S/C19H21N5O/c1-20-14-2-4-15(5-3-14)25-18-6-7-22-17-13-23-19(12-16(17)18)24-10-8-21-9-11-24/h2-7,12-13,20-21H,8-11H2,1H3. The molecule has 3 heterocycles. The average Bonchev–Trinajstić information content (AvgIpc) is 2.69. The number of piperazine rings is 1. The molecule has 0 aliphatic carbocycles. The number of hydrogen-bond acceptors (Lipinski definition) is 6. The molecule has 0 bridgehead atoms. The third kappa shape index (κ3) is 3.34. The van der Waals surface area contributed by atoms with Crippen LogP contribution in [0.15, 0.2) is 48.8 Å². The van der Waals surface area contributed by atoms with Gasteiger partial charge in [0.25, 0.3) is 0 Å². The van der Waals surface area contributed by atoms with Gasteiger partial charge in [0.15, 0.2) is 0 Å². The second-order valence-corrected chi connectivity index (χ2v) is 5.98. The Bertz CT molecular complexity index is 859. The zero-order valence-electron chi connectivity index (χ0n) is 14.2. The van der Waals surface area contributed by atoms with Crippen LogP contribution in [0.5, 0.6) is 11.5 Å². The molecule has 1 aromatic carbocycles. The van der Waals surface area contributed by atoms with Crippen molar-refractivity contribution < 1.29 is 4.74 Å². The largest absolute Gasteiger partial charge is 0.457 e. The number of ether oxygens (including phenoxy) is 1. The van der Waals surface area contributed by atoms with Crippen LogP contribution < -0.4 is 20.3 Å². The monoisotopic (exact) mass is 335 g/mol. The van der Waals surface area contributed by atoms with E-state index < -0.39 is 0 Å². The molecule has 0 spiro atoms. The molecular weight excluding hydrogens is 314 g/mol. The zero-order chi connectivity index (χ0) is 17.1. The lowest BCUT2D eigenvalue weighted by Crippen LogP contribution is -2.43. The van der Waals surface area contributed by atoms with Gasteiger partial charge in [0.05, 0.1) is 11.7 Å². The first-order chi connectivity index (χ1) is 12.3. The van der Waals surface area contributed by atoms with Gasteiger partial charge < -0.3 is 20.3 Å². The van der Waals surface area contributed by atoms with Gasteiger partial charge >= 0.3 is 0 Å². The molecule has 1 fully saturated rings. The third-order valence-electron chi connectivity index (χ3n) is 4.39. The summed E-state index contributed by atoms with van der Waals surface area (Å²) in [6, 6.07) is 11.9. The zero-order valence-corrected chi connectivity index (χ0v) is 14.2. The summed E-state index contributed by atoms with van der Waals surface area (Å²) in [7, 11) is 1.90. The number of anilines is 2. The van der Waals surface area contributed by atoms with Crippen LogP contribution in [0.1, 0.15) is 0 Å². The van der Waals surface area contributed by atoms with E-state index in [9.17, 15) is 0 Å². The molecule has 0 saturated carbocycles. The molecule has 2 aromatic heterocycles. The fourth-order valence-electron chi connectivity index (χ4n) is 2.98. The molecule has 6 heteroatoms. The Morgan fingerprint density at radius 2 is 1.88 bits per heavy atom. The van der Waals surface area contributed by atoms with Crippen molar-refractivity contribution in [1.29, 1.82) is 0 Å². The molecule has 0 unspecified atom stereocenters. The number of nitrogens with zero attached hydrogens (tertiary/aromatic N) is 3. The van der Waals surface area contributed by atoms with E-state index in [0.29, 0.717) is 0 Å². The smallest absolute Gasteiger partial charge is 0.138 e. The summed E-state index contributed by atoms with van der Waals surface area (Å²) in [5.41, 5.74) is 1.89. The fourth-order valence-corrected chi connectivity index (χ4v) is 2.98. The molecule has 25 heavy (non-hydrogen) atoms. The Labute approximate surface area is 146 Å². The van der Waals surface area contributed by atoms with Crippen LogP contribution >= 0.6 is 0 Å². The fraction of sp³-hybridized carbons (Fsp3) is 0.263. The Balaban J connectivity index is 1.67. The normalized spacial score (nSPS) is 14.5. The number of fused-ring (bicyclic) bond motifs is 1. The van der Waals surface area contributed by atoms with Gasteiger partial charge in [0.2, 0.25) is 0 Å². The summed E-state index contributed by atoms with van der Waals surface area (Å²) >= 11 is 0. The third-order valence-corrected chi connectivity index (χ3v) is 4.39. The van der Waals surface area contributed by atoms with Gasteiger partial charge in [0, 0.05) is 50.5 Å². The molecule has 0 atom stereocenters. The number of rotatable bonds is 4. The first kappa shape index (κ1) is 15.7. The predicted molar refractivity (Wildman–Crippen MR) is 101 cm³/mol. The first-order valence-corrected chi connectivity index (χ1v) is 8.49. The molecule has 0 amide bonds. The van der Waals surface area contributed by atoms with E-state index in [-0.39, 0.29) is 0 Å². The van der Waals surface area contributed by atoms with Crippen molar-refractivity contribution in [3.63, 3.8) is 0 Å². The van der Waals surface area contributed by atoms with Crippen molar-refractivity contribution in [3.05, 3.63) is 48.8 Å². The van der Waals surface area contributed by atoms with Crippen LogP contribution in [0.4, 0.5) is 11.5 Å². The summed E-state index contributed by atoms with van der Waals surface area (Å²) in [4.78, 5) is 11.3. The lowest BCUT2D eigenvalue weighted by atomic mass is 10.2. The van der Waals surface area contributed by atoms with Crippen molar-refractivity contribution in [3.8, 4) is 11.5 Å². The van der Waals surface area contributed by atoms with Crippen molar-refractivity contribution >= 4 is 22.4 Å². The minimum Gasteiger partial charge on any atom is -0.457 e. The lowest BCUT2D eigenvalue weighted by Gasteiger charge is -2.28. The highest BCUT2D eigenvalue weighted by molar-refractivity contribution is 5.86. The Hall–Kier alpha value is -2.86. The van der Waals surface area contributed by atoms with Crippen molar-refractivity contribution in [2.45, 2.75) is 0 Å². The summed E-state index contributed by atoms with van der Waals surface area (Å²) < 4.78 is 6.11. The summed E-state index contributed by atoms with van der Waals surface area (Å²) in [5.74, 6) is 2.56. The van der Waals surface area contributed by atoms with Crippen LogP contribution in [0, 0.1) is 0 Å². The van der Waals surface area contributed by atoms with Gasteiger partial charge in [-0.2, -0.15) is 0 Å². The van der Waals surface area contributed by atoms with Gasteiger partial charge in [-0.05, 0) is 36.4 Å². The molecular formula is C19H21N5O. The number of benzene rings is 1. The molecule has 1 aliphatic rings. The highest BCUT2D eigenvalue weighted by atomic mass is 16.5. The predicted octanol–water partition coefficient (Wildman–Crippen LogP) is 2.87. The van der Waals surface area contributed by atoms with E-state index in [1.165, 1.54) is 0 Å². The van der Waals surface area contributed by atoms with E-state index >= 15 is 0 Å². The number of nitrogens with one attached hydrogen (secondary N) is 2. The molecule has 0 radical (unpaired) electrons. The van der Waals surface area contributed by atoms with E-state index in [0.717, 1.165) is 60.1 Å². The van der Waals surface area contributed by atoms with E-state index in [1.54, 1.807) is 6.20 Å². The van der Waals surface area contributed by atoms with Gasteiger partial charge in [-0.25, -0.2) is 4.98 Å². The average molecular weight is 335 g/mol. The van der Waals surface area contributed by atoms with E-state index in [1.807, 2.05) is 43.6 Å². The summed E-state index contributed by atoms with van der Waals surface area (Å²) in [6.07, 6.45) is 3.58. The lowest BCUT2D eigenvalue weighted by molar-refractivity contribution is 0.488. The maximum Gasteiger partial charge on any atom is 0.138 e. The second-order valence-electron chi connectivity index (χ2n) is 5.98. The second kappa shape index (κ2) is 6.94. The first-order valence-electron chi connectivity index (χ1n) is 8.49. The molecule has 1 aliphatic heterocycles. The van der Waals surface area contributed by atoms with Crippen LogP contribution in [0.3, 0.4) is 0 Å². The topological polar surface area (TPSA) is 62.3 Å². The molecule has 4 rings (SSSR count). The van der Waals surface area contributed by atoms with E-state index in [2.05, 4.69) is 31.6 Å². The number of pyridine rings is 2. The maximum absolute atomic E-state index is 6.11. The van der Waals surface area contributed by atoms with Crippen LogP contribution in [0.2, 0.25) is 0 Å². The Kier molecular flexibility index (Phi) is 4.35. The highest BCUT2D eigenvalue weighted by Crippen LogP contribution is 2.31. The number of aromatic nitrogens is 2. The number of hydrogen-bond donors (Lipinski definition) is 2. The minimum absolute atomic E-state index is 0.793. The quantitative estimate of drug-likeness (QED) is 0.764. The van der Waals surface area contributed by atoms with Crippen molar-refractivity contribution in [1.82, 2.24) is 15.3 Å². The van der Waals surface area contributed by atoms with Gasteiger partial charge in [0.1, 0.15) is 17.3 Å². The van der Waals surface area contributed by atoms with Crippen molar-refractivity contribution in [2.75, 3.05) is 43.4 Å². The van der Waals surface area contributed by atoms with Gasteiger partial charge in [-0.1, -0.05) is 0 Å². The van der Waals surface area contributed by atoms with Crippen molar-refractivity contribution in [2.24, 2.45) is 0 Å². The summed E-state index contributed by atoms with van der Waals surface area (Å²) in [6.45, 7) is 3.88. The van der Waals surface area contributed by atoms with Crippen LogP contribution in [-0.4, -0.2) is 43.2 Å². The van der Waals surface area contributed by atoms with Crippen LogP contribution in [-0.2, 0) is 0 Å².